The van der Waals surface area contributed by atoms with Crippen LogP contribution in [-0.4, -0.2) is 41.0 Å². The van der Waals surface area contributed by atoms with Gasteiger partial charge >= 0.3 is 0 Å². The van der Waals surface area contributed by atoms with Gasteiger partial charge in [-0.05, 0) is 57.1 Å². The number of rotatable bonds is 6. The standard InChI is InChI=1S/C21H24N4O3S/c1-14-13-29-21(23-14)24-20(26)16-7-9-25(10-8-16)12-19-22-11-18(28-19)15-3-5-17(27-2)6-4-15/h3-6,11,13,16H,7-10,12H2,1-2H3,(H,23,24,26). The smallest absolute Gasteiger partial charge is 0.229 e. The van der Waals surface area contributed by atoms with Crippen LogP contribution in [0.3, 0.4) is 0 Å². The summed E-state index contributed by atoms with van der Waals surface area (Å²) in [5.74, 6) is 2.34. The minimum Gasteiger partial charge on any atom is -0.497 e. The molecule has 1 aliphatic heterocycles. The van der Waals surface area contributed by atoms with Crippen LogP contribution in [0, 0.1) is 12.8 Å². The van der Waals surface area contributed by atoms with E-state index in [4.69, 9.17) is 9.15 Å². The maximum absolute atomic E-state index is 12.4. The van der Waals surface area contributed by atoms with E-state index in [0.29, 0.717) is 17.6 Å². The molecule has 0 spiro atoms. The molecule has 1 fully saturated rings. The van der Waals surface area contributed by atoms with Crippen molar-refractivity contribution in [3.8, 4) is 17.1 Å². The molecule has 0 unspecified atom stereocenters. The molecule has 1 N–H and O–H groups in total. The third-order valence-corrected chi connectivity index (χ3v) is 5.97. The molecule has 0 bridgehead atoms. The third-order valence-electron chi connectivity index (χ3n) is 5.09. The average Bonchev–Trinajstić information content (AvgIpc) is 3.37. The number of aromatic nitrogens is 2. The van der Waals surface area contributed by atoms with Crippen LogP contribution >= 0.6 is 11.3 Å². The summed E-state index contributed by atoms with van der Waals surface area (Å²) in [6.07, 6.45) is 3.40. The Hall–Kier alpha value is -2.71. The maximum atomic E-state index is 12.4. The van der Waals surface area contributed by atoms with Crippen LogP contribution in [0.25, 0.3) is 11.3 Å². The zero-order valence-corrected chi connectivity index (χ0v) is 17.4. The van der Waals surface area contributed by atoms with Gasteiger partial charge in [-0.1, -0.05) is 0 Å². The van der Waals surface area contributed by atoms with E-state index < -0.39 is 0 Å². The van der Waals surface area contributed by atoms with E-state index in [1.807, 2.05) is 36.6 Å². The van der Waals surface area contributed by atoms with Crippen molar-refractivity contribution in [3.05, 3.63) is 47.4 Å². The molecule has 7 nitrogen and oxygen atoms in total. The first-order valence-electron chi connectivity index (χ1n) is 9.65. The van der Waals surface area contributed by atoms with Gasteiger partial charge in [0.05, 0.1) is 25.5 Å². The van der Waals surface area contributed by atoms with Crippen LogP contribution in [0.2, 0.25) is 0 Å². The molecular weight excluding hydrogens is 388 g/mol. The molecule has 0 radical (unpaired) electrons. The number of benzene rings is 1. The van der Waals surface area contributed by atoms with Crippen LogP contribution in [0.15, 0.2) is 40.3 Å². The molecule has 0 atom stereocenters. The van der Waals surface area contributed by atoms with E-state index in [1.165, 1.54) is 11.3 Å². The molecule has 0 saturated carbocycles. The van der Waals surface area contributed by atoms with Gasteiger partial charge in [0.15, 0.2) is 10.9 Å². The van der Waals surface area contributed by atoms with Gasteiger partial charge in [-0.15, -0.1) is 11.3 Å². The maximum Gasteiger partial charge on any atom is 0.229 e. The van der Waals surface area contributed by atoms with Crippen molar-refractivity contribution >= 4 is 22.4 Å². The Kier molecular flexibility index (Phi) is 5.92. The Morgan fingerprint density at radius 2 is 2.07 bits per heavy atom. The number of hydrogen-bond acceptors (Lipinski definition) is 7. The van der Waals surface area contributed by atoms with E-state index in [1.54, 1.807) is 13.3 Å². The van der Waals surface area contributed by atoms with Crippen molar-refractivity contribution in [2.75, 3.05) is 25.5 Å². The number of hydrogen-bond donors (Lipinski definition) is 1. The van der Waals surface area contributed by atoms with Gasteiger partial charge in [0.25, 0.3) is 0 Å². The van der Waals surface area contributed by atoms with E-state index >= 15 is 0 Å². The summed E-state index contributed by atoms with van der Waals surface area (Å²) >= 11 is 1.47. The van der Waals surface area contributed by atoms with Crippen LogP contribution in [0.4, 0.5) is 5.13 Å². The number of thiazole rings is 1. The lowest BCUT2D eigenvalue weighted by atomic mass is 9.96. The Morgan fingerprint density at radius 1 is 1.31 bits per heavy atom. The lowest BCUT2D eigenvalue weighted by molar-refractivity contribution is -0.121. The number of methoxy groups -OCH3 is 1. The summed E-state index contributed by atoms with van der Waals surface area (Å²) in [7, 11) is 1.65. The van der Waals surface area contributed by atoms with E-state index in [2.05, 4.69) is 20.2 Å². The van der Waals surface area contributed by atoms with Gasteiger partial charge in [-0.3, -0.25) is 9.69 Å². The molecule has 2 aromatic heterocycles. The number of aryl methyl sites for hydroxylation is 1. The van der Waals surface area contributed by atoms with Gasteiger partial charge in [0, 0.05) is 16.9 Å². The van der Waals surface area contributed by atoms with Crippen LogP contribution < -0.4 is 10.1 Å². The summed E-state index contributed by atoms with van der Waals surface area (Å²) < 4.78 is 11.1. The fraction of sp³-hybridized carbons (Fsp3) is 0.381. The number of carbonyl (C=O) groups is 1. The molecule has 3 heterocycles. The first-order valence-corrected chi connectivity index (χ1v) is 10.5. The zero-order chi connectivity index (χ0) is 20.2. The summed E-state index contributed by atoms with van der Waals surface area (Å²) in [6.45, 7) is 4.26. The van der Waals surface area contributed by atoms with E-state index in [0.717, 1.165) is 48.7 Å². The number of piperidine rings is 1. The fourth-order valence-corrected chi connectivity index (χ4v) is 4.13. The van der Waals surface area contributed by atoms with Gasteiger partial charge in [-0.2, -0.15) is 0 Å². The average molecular weight is 413 g/mol. The second kappa shape index (κ2) is 8.75. The molecule has 29 heavy (non-hydrogen) atoms. The molecule has 152 valence electrons. The van der Waals surface area contributed by atoms with Gasteiger partial charge in [0.1, 0.15) is 5.75 Å². The fourth-order valence-electron chi connectivity index (χ4n) is 3.44. The Morgan fingerprint density at radius 3 is 2.72 bits per heavy atom. The van der Waals surface area contributed by atoms with Crippen molar-refractivity contribution in [1.82, 2.24) is 14.9 Å². The molecule has 4 rings (SSSR count). The largest absolute Gasteiger partial charge is 0.497 e. The van der Waals surface area contributed by atoms with Crippen molar-refractivity contribution in [1.29, 1.82) is 0 Å². The predicted octanol–water partition coefficient (Wildman–Crippen LogP) is 3.97. The Balaban J connectivity index is 1.28. The van der Waals surface area contributed by atoms with Crippen molar-refractivity contribution in [2.24, 2.45) is 5.92 Å². The quantitative estimate of drug-likeness (QED) is 0.660. The van der Waals surface area contributed by atoms with Crippen molar-refractivity contribution in [3.63, 3.8) is 0 Å². The molecule has 1 aliphatic rings. The summed E-state index contributed by atoms with van der Waals surface area (Å²) in [5.41, 5.74) is 1.90. The first kappa shape index (κ1) is 19.6. The Bertz CT molecular complexity index is 958. The second-order valence-corrected chi connectivity index (χ2v) is 8.04. The molecule has 3 aromatic rings. The highest BCUT2D eigenvalue weighted by atomic mass is 32.1. The lowest BCUT2D eigenvalue weighted by Gasteiger charge is -2.30. The van der Waals surface area contributed by atoms with Crippen molar-refractivity contribution in [2.45, 2.75) is 26.3 Å². The number of carbonyl (C=O) groups excluding carboxylic acids is 1. The SMILES string of the molecule is COc1ccc(-c2cnc(CN3CCC(C(=O)Nc4nc(C)cs4)CC3)o2)cc1. The third kappa shape index (κ3) is 4.83. The highest BCUT2D eigenvalue weighted by Crippen LogP contribution is 2.25. The van der Waals surface area contributed by atoms with Crippen LogP contribution in [0.5, 0.6) is 5.75 Å². The van der Waals surface area contributed by atoms with Gasteiger partial charge < -0.3 is 14.5 Å². The monoisotopic (exact) mass is 412 g/mol. The summed E-state index contributed by atoms with van der Waals surface area (Å²) in [5, 5.41) is 5.56. The van der Waals surface area contributed by atoms with Gasteiger partial charge in [0.2, 0.25) is 11.8 Å². The zero-order valence-electron chi connectivity index (χ0n) is 16.6. The second-order valence-electron chi connectivity index (χ2n) is 7.18. The number of ether oxygens (including phenoxy) is 1. The highest BCUT2D eigenvalue weighted by Gasteiger charge is 2.26. The molecule has 1 saturated heterocycles. The minimum absolute atomic E-state index is 0.0230. The normalized spacial score (nSPS) is 15.4. The van der Waals surface area contributed by atoms with E-state index in [-0.39, 0.29) is 11.8 Å². The number of anilines is 1. The minimum atomic E-state index is 0.0230. The molecular formula is C21H24N4O3S. The highest BCUT2D eigenvalue weighted by molar-refractivity contribution is 7.13. The molecule has 1 aromatic carbocycles. The van der Waals surface area contributed by atoms with Crippen LogP contribution in [0.1, 0.15) is 24.4 Å². The molecule has 0 aliphatic carbocycles. The topological polar surface area (TPSA) is 80.5 Å². The Labute approximate surface area is 173 Å². The van der Waals surface area contributed by atoms with Crippen LogP contribution in [-0.2, 0) is 11.3 Å². The van der Waals surface area contributed by atoms with Crippen molar-refractivity contribution < 1.29 is 13.9 Å². The van der Waals surface area contributed by atoms with E-state index in [9.17, 15) is 4.79 Å². The number of amides is 1. The first-order chi connectivity index (χ1) is 14.1. The number of likely N-dealkylation sites (tertiary alicyclic amines) is 1. The predicted molar refractivity (Wildman–Crippen MR) is 112 cm³/mol. The van der Waals surface area contributed by atoms with Gasteiger partial charge in [-0.25, -0.2) is 9.97 Å². The summed E-state index contributed by atoms with van der Waals surface area (Å²) in [4.78, 5) is 23.4. The molecule has 1 amide bonds. The number of oxazole rings is 1. The number of nitrogens with one attached hydrogen (secondary N) is 1. The lowest BCUT2D eigenvalue weighted by Crippen LogP contribution is -2.37. The molecule has 8 heteroatoms. The summed E-state index contributed by atoms with van der Waals surface area (Å²) in [6, 6.07) is 7.72. The number of nitrogens with zero attached hydrogens (tertiary/aromatic N) is 3.